The van der Waals surface area contributed by atoms with E-state index in [1.807, 2.05) is 0 Å². The molecule has 0 radical (unpaired) electrons. The average molecular weight is 288 g/mol. The zero-order valence-corrected chi connectivity index (χ0v) is 13.2. The Labute approximate surface area is 128 Å². The van der Waals surface area contributed by atoms with E-state index in [2.05, 4.69) is 41.4 Å². The molecule has 2 fully saturated rings. The zero-order valence-electron chi connectivity index (χ0n) is 13.2. The van der Waals surface area contributed by atoms with Crippen molar-refractivity contribution in [3.8, 4) is 0 Å². The minimum atomic E-state index is 0.410. The summed E-state index contributed by atoms with van der Waals surface area (Å²) in [6.07, 6.45) is 5.03. The molecule has 0 bridgehead atoms. The van der Waals surface area contributed by atoms with Gasteiger partial charge in [-0.15, -0.1) is 0 Å². The molecule has 2 aliphatic heterocycles. The Morgan fingerprint density at radius 2 is 1.76 bits per heavy atom. The van der Waals surface area contributed by atoms with Crippen LogP contribution in [0.4, 0.5) is 5.69 Å². The fourth-order valence-corrected chi connectivity index (χ4v) is 3.35. The molecule has 0 saturated carbocycles. The van der Waals surface area contributed by atoms with Crippen molar-refractivity contribution in [2.45, 2.75) is 39.2 Å². The summed E-state index contributed by atoms with van der Waals surface area (Å²) in [4.78, 5) is 2.49. The molecule has 1 aromatic rings. The molecule has 0 amide bonds. The fraction of sp³-hybridized carbons (Fsp3) is 0.667. The predicted octanol–water partition coefficient (Wildman–Crippen LogP) is 3.19. The molecule has 0 aromatic heterocycles. The summed E-state index contributed by atoms with van der Waals surface area (Å²) in [7, 11) is 0. The van der Waals surface area contributed by atoms with Crippen LogP contribution < -0.4 is 10.2 Å². The van der Waals surface area contributed by atoms with E-state index in [9.17, 15) is 0 Å². The first-order valence-corrected chi connectivity index (χ1v) is 8.38. The molecule has 3 nitrogen and oxygen atoms in total. The summed E-state index contributed by atoms with van der Waals surface area (Å²) in [6, 6.07) is 9.09. The van der Waals surface area contributed by atoms with Crippen LogP contribution in [0.25, 0.3) is 0 Å². The quantitative estimate of drug-likeness (QED) is 0.900. The van der Waals surface area contributed by atoms with E-state index in [4.69, 9.17) is 4.74 Å². The third kappa shape index (κ3) is 3.98. The first-order valence-electron chi connectivity index (χ1n) is 8.38. The molecule has 0 atom stereocenters. The van der Waals surface area contributed by atoms with Gasteiger partial charge in [0.15, 0.2) is 0 Å². The van der Waals surface area contributed by atoms with Gasteiger partial charge in [0.05, 0.1) is 0 Å². The fourth-order valence-electron chi connectivity index (χ4n) is 3.35. The molecule has 3 rings (SSSR count). The van der Waals surface area contributed by atoms with Crippen LogP contribution in [0, 0.1) is 5.41 Å². The molecule has 1 aromatic carbocycles. The highest BCUT2D eigenvalue weighted by molar-refractivity contribution is 5.48. The third-order valence-electron chi connectivity index (χ3n) is 4.99. The monoisotopic (exact) mass is 288 g/mol. The Balaban J connectivity index is 1.46. The Bertz CT molecular complexity index is 431. The van der Waals surface area contributed by atoms with Crippen LogP contribution in [0.3, 0.4) is 0 Å². The maximum atomic E-state index is 5.46. The highest BCUT2D eigenvalue weighted by atomic mass is 16.5. The molecule has 2 saturated heterocycles. The second-order valence-corrected chi connectivity index (χ2v) is 6.89. The summed E-state index contributed by atoms with van der Waals surface area (Å²) in [5, 5.41) is 3.63. The number of nitrogens with one attached hydrogen (secondary N) is 1. The highest BCUT2D eigenvalue weighted by Crippen LogP contribution is 2.28. The van der Waals surface area contributed by atoms with E-state index < -0.39 is 0 Å². The van der Waals surface area contributed by atoms with Crippen LogP contribution in [0.1, 0.15) is 38.2 Å². The summed E-state index contributed by atoms with van der Waals surface area (Å²) in [5.74, 6) is 0. The van der Waals surface area contributed by atoms with Crippen LogP contribution in [0.5, 0.6) is 0 Å². The van der Waals surface area contributed by atoms with Crippen LogP contribution in [-0.2, 0) is 11.3 Å². The lowest BCUT2D eigenvalue weighted by Gasteiger charge is -2.33. The number of hydrogen-bond donors (Lipinski definition) is 1. The second-order valence-electron chi connectivity index (χ2n) is 6.89. The van der Waals surface area contributed by atoms with E-state index in [-0.39, 0.29) is 0 Å². The molecular weight excluding hydrogens is 260 g/mol. The Morgan fingerprint density at radius 1 is 1.10 bits per heavy atom. The minimum absolute atomic E-state index is 0.410. The Kier molecular flexibility index (Phi) is 4.81. The maximum Gasteiger partial charge on any atom is 0.0471 e. The van der Waals surface area contributed by atoms with Crippen LogP contribution in [0.15, 0.2) is 24.3 Å². The van der Waals surface area contributed by atoms with Gasteiger partial charge >= 0.3 is 0 Å². The van der Waals surface area contributed by atoms with E-state index in [1.54, 1.807) is 0 Å². The van der Waals surface area contributed by atoms with Crippen molar-refractivity contribution < 1.29 is 4.74 Å². The number of hydrogen-bond acceptors (Lipinski definition) is 3. The molecule has 21 heavy (non-hydrogen) atoms. The van der Waals surface area contributed by atoms with Crippen molar-refractivity contribution in [3.05, 3.63) is 29.8 Å². The van der Waals surface area contributed by atoms with Gasteiger partial charge < -0.3 is 15.0 Å². The van der Waals surface area contributed by atoms with Crippen molar-refractivity contribution in [1.29, 1.82) is 0 Å². The predicted molar refractivity (Wildman–Crippen MR) is 87.8 cm³/mol. The molecule has 2 heterocycles. The van der Waals surface area contributed by atoms with Crippen molar-refractivity contribution in [1.82, 2.24) is 5.32 Å². The van der Waals surface area contributed by atoms with Gasteiger partial charge in [-0.25, -0.2) is 0 Å². The van der Waals surface area contributed by atoms with E-state index in [1.165, 1.54) is 50.0 Å². The molecular formula is C18H28N2O. The number of benzene rings is 1. The third-order valence-corrected chi connectivity index (χ3v) is 4.99. The SMILES string of the molecule is CC1(CNCc2ccc(N3CCCC3)cc2)CCOCC1. The highest BCUT2D eigenvalue weighted by Gasteiger charge is 2.26. The summed E-state index contributed by atoms with van der Waals surface area (Å²) >= 11 is 0. The molecule has 0 unspecified atom stereocenters. The van der Waals surface area contributed by atoms with Crippen molar-refractivity contribution in [2.75, 3.05) is 37.7 Å². The van der Waals surface area contributed by atoms with Crippen LogP contribution in [-0.4, -0.2) is 32.8 Å². The van der Waals surface area contributed by atoms with Gasteiger partial charge in [-0.1, -0.05) is 19.1 Å². The number of nitrogens with zero attached hydrogens (tertiary/aromatic N) is 1. The lowest BCUT2D eigenvalue weighted by Crippen LogP contribution is -2.36. The maximum absolute atomic E-state index is 5.46. The summed E-state index contributed by atoms with van der Waals surface area (Å²) < 4.78 is 5.46. The number of rotatable bonds is 5. The lowest BCUT2D eigenvalue weighted by molar-refractivity contribution is 0.0240. The van der Waals surface area contributed by atoms with E-state index in [0.29, 0.717) is 5.41 Å². The van der Waals surface area contributed by atoms with Crippen molar-refractivity contribution in [2.24, 2.45) is 5.41 Å². The molecule has 116 valence electrons. The number of ether oxygens (including phenoxy) is 1. The zero-order chi connectivity index (χ0) is 14.5. The van der Waals surface area contributed by atoms with Crippen LogP contribution in [0.2, 0.25) is 0 Å². The van der Waals surface area contributed by atoms with Gasteiger partial charge in [-0.2, -0.15) is 0 Å². The lowest BCUT2D eigenvalue weighted by atomic mass is 9.82. The number of anilines is 1. The van der Waals surface area contributed by atoms with E-state index in [0.717, 1.165) is 26.3 Å². The van der Waals surface area contributed by atoms with Gasteiger partial charge in [0, 0.05) is 45.1 Å². The second kappa shape index (κ2) is 6.80. The van der Waals surface area contributed by atoms with Gasteiger partial charge in [-0.05, 0) is 48.8 Å². The van der Waals surface area contributed by atoms with E-state index >= 15 is 0 Å². The smallest absolute Gasteiger partial charge is 0.0471 e. The van der Waals surface area contributed by atoms with Crippen molar-refractivity contribution in [3.63, 3.8) is 0 Å². The largest absolute Gasteiger partial charge is 0.381 e. The molecule has 0 spiro atoms. The van der Waals surface area contributed by atoms with Gasteiger partial charge in [0.2, 0.25) is 0 Å². The molecule has 3 heteroatoms. The van der Waals surface area contributed by atoms with Crippen molar-refractivity contribution >= 4 is 5.69 Å². The summed E-state index contributed by atoms with van der Waals surface area (Å²) in [5.41, 5.74) is 3.18. The normalized spacial score (nSPS) is 21.7. The first-order chi connectivity index (χ1) is 10.3. The van der Waals surface area contributed by atoms with Crippen LogP contribution >= 0.6 is 0 Å². The molecule has 1 N–H and O–H groups in total. The molecule has 2 aliphatic rings. The van der Waals surface area contributed by atoms with Gasteiger partial charge in [0.1, 0.15) is 0 Å². The Morgan fingerprint density at radius 3 is 2.43 bits per heavy atom. The topological polar surface area (TPSA) is 24.5 Å². The standard InChI is InChI=1S/C18H28N2O/c1-18(8-12-21-13-9-18)15-19-14-16-4-6-17(7-5-16)20-10-2-3-11-20/h4-7,19H,2-3,8-15H2,1H3. The van der Waals surface area contributed by atoms with Gasteiger partial charge in [-0.3, -0.25) is 0 Å². The summed E-state index contributed by atoms with van der Waals surface area (Å²) in [6.45, 7) is 8.71. The Hall–Kier alpha value is -1.06. The molecule has 0 aliphatic carbocycles. The van der Waals surface area contributed by atoms with Gasteiger partial charge in [0.25, 0.3) is 0 Å². The first kappa shape index (κ1) is 14.9. The minimum Gasteiger partial charge on any atom is -0.381 e. The average Bonchev–Trinajstić information content (AvgIpc) is 3.03.